The lowest BCUT2D eigenvalue weighted by Gasteiger charge is -2.35. The summed E-state index contributed by atoms with van der Waals surface area (Å²) in [5.41, 5.74) is 4.33. The molecule has 5 rings (SSSR count). The van der Waals surface area contributed by atoms with E-state index in [1.807, 2.05) is 47.2 Å². The van der Waals surface area contributed by atoms with Gasteiger partial charge in [-0.15, -0.1) is 0 Å². The molecule has 1 fully saturated rings. The first-order valence-electron chi connectivity index (χ1n) is 11.1. The van der Waals surface area contributed by atoms with E-state index in [0.717, 1.165) is 40.8 Å². The third-order valence-corrected chi connectivity index (χ3v) is 6.98. The van der Waals surface area contributed by atoms with E-state index in [9.17, 15) is 4.79 Å². The van der Waals surface area contributed by atoms with E-state index >= 15 is 0 Å². The molecule has 6 heteroatoms. The Kier molecular flexibility index (Phi) is 5.10. The van der Waals surface area contributed by atoms with Crippen molar-refractivity contribution in [1.29, 1.82) is 0 Å². The summed E-state index contributed by atoms with van der Waals surface area (Å²) in [4.78, 5) is 18.2. The average Bonchev–Trinajstić information content (AvgIpc) is 3.15. The van der Waals surface area contributed by atoms with Crippen molar-refractivity contribution < 1.29 is 4.74 Å². The molecule has 0 aliphatic heterocycles. The molecule has 0 saturated heterocycles. The van der Waals surface area contributed by atoms with E-state index < -0.39 is 0 Å². The lowest BCUT2D eigenvalue weighted by Crippen LogP contribution is -2.33. The number of aromatic nitrogens is 4. The number of fused-ring (bicyclic) bond motifs is 3. The molecule has 1 aliphatic rings. The van der Waals surface area contributed by atoms with Crippen LogP contribution in [0.4, 0.5) is 0 Å². The number of methoxy groups -OCH3 is 1. The van der Waals surface area contributed by atoms with Gasteiger partial charge in [-0.1, -0.05) is 57.0 Å². The normalized spacial score (nSPS) is 21.7. The zero-order valence-corrected chi connectivity index (χ0v) is 18.3. The molecular weight excluding hydrogens is 388 g/mol. The topological polar surface area (TPSA) is 61.4 Å². The maximum Gasteiger partial charge on any atom is 0.261 e. The third kappa shape index (κ3) is 3.26. The van der Waals surface area contributed by atoms with E-state index in [2.05, 4.69) is 13.8 Å². The maximum atomic E-state index is 13.5. The summed E-state index contributed by atoms with van der Waals surface area (Å²) in [5, 5.41) is 5.40. The minimum atomic E-state index is 0.0166. The number of ether oxygens (including phenoxy) is 1. The largest absolute Gasteiger partial charge is 0.378 e. The van der Waals surface area contributed by atoms with E-state index in [4.69, 9.17) is 14.8 Å². The Labute approximate surface area is 181 Å². The molecule has 3 atom stereocenters. The number of pyridine rings is 1. The van der Waals surface area contributed by atoms with Crippen LogP contribution in [-0.4, -0.2) is 26.3 Å². The van der Waals surface area contributed by atoms with Crippen molar-refractivity contribution in [2.24, 2.45) is 11.8 Å². The van der Waals surface area contributed by atoms with Gasteiger partial charge in [0.05, 0.1) is 28.8 Å². The molecule has 0 spiro atoms. The van der Waals surface area contributed by atoms with Gasteiger partial charge in [-0.2, -0.15) is 5.10 Å². The van der Waals surface area contributed by atoms with Crippen LogP contribution in [0.25, 0.3) is 27.7 Å². The molecule has 160 valence electrons. The first kappa shape index (κ1) is 19.9. The molecule has 1 aromatic carbocycles. The number of benzene rings is 1. The molecule has 0 bridgehead atoms. The third-order valence-electron chi connectivity index (χ3n) is 6.98. The van der Waals surface area contributed by atoms with Gasteiger partial charge in [-0.25, -0.2) is 9.50 Å². The molecule has 4 aromatic rings. The van der Waals surface area contributed by atoms with Gasteiger partial charge in [0, 0.05) is 25.5 Å². The molecule has 0 unspecified atom stereocenters. The molecule has 3 heterocycles. The van der Waals surface area contributed by atoms with Crippen LogP contribution >= 0.6 is 0 Å². The average molecular weight is 417 g/mol. The molecule has 0 amide bonds. The maximum absolute atomic E-state index is 13.5. The monoisotopic (exact) mass is 416 g/mol. The van der Waals surface area contributed by atoms with Crippen molar-refractivity contribution in [2.45, 2.75) is 45.8 Å². The molecule has 0 radical (unpaired) electrons. The van der Waals surface area contributed by atoms with Gasteiger partial charge < -0.3 is 9.30 Å². The number of hydrogen-bond acceptors (Lipinski definition) is 4. The van der Waals surface area contributed by atoms with Crippen molar-refractivity contribution in [3.63, 3.8) is 0 Å². The molecular formula is C25H28N4O2. The lowest BCUT2D eigenvalue weighted by molar-refractivity contribution is 0.181. The second-order valence-corrected chi connectivity index (χ2v) is 8.78. The fourth-order valence-electron chi connectivity index (χ4n) is 5.07. The molecule has 3 aromatic heterocycles. The van der Waals surface area contributed by atoms with E-state index in [1.165, 1.54) is 6.42 Å². The fraction of sp³-hybridized carbons (Fsp3) is 0.400. The number of hydrogen-bond donors (Lipinski definition) is 0. The summed E-state index contributed by atoms with van der Waals surface area (Å²) in [6.45, 7) is 4.94. The summed E-state index contributed by atoms with van der Waals surface area (Å²) in [6, 6.07) is 12.3. The van der Waals surface area contributed by atoms with Gasteiger partial charge in [0.2, 0.25) is 0 Å². The highest BCUT2D eigenvalue weighted by atomic mass is 16.5. The van der Waals surface area contributed by atoms with Gasteiger partial charge in [0.1, 0.15) is 0 Å². The SMILES string of the molecule is COCc1nn2c(ncc3c(=O)n([C@H]4CCC[C@H](C)[C@@H]4C)ccc32)c1-c1ccccc1. The summed E-state index contributed by atoms with van der Waals surface area (Å²) >= 11 is 0. The highest BCUT2D eigenvalue weighted by molar-refractivity contribution is 5.86. The molecule has 1 saturated carbocycles. The fourth-order valence-corrected chi connectivity index (χ4v) is 5.07. The zero-order chi connectivity index (χ0) is 21.5. The van der Waals surface area contributed by atoms with E-state index in [-0.39, 0.29) is 11.6 Å². The van der Waals surface area contributed by atoms with Gasteiger partial charge in [0.15, 0.2) is 5.65 Å². The van der Waals surface area contributed by atoms with Crippen LogP contribution in [0.15, 0.2) is 53.6 Å². The Balaban J connectivity index is 1.71. The Hall–Kier alpha value is -2.99. The predicted molar refractivity (Wildman–Crippen MR) is 122 cm³/mol. The van der Waals surface area contributed by atoms with Gasteiger partial charge in [0.25, 0.3) is 5.56 Å². The number of rotatable bonds is 4. The van der Waals surface area contributed by atoms with E-state index in [1.54, 1.807) is 17.8 Å². The molecule has 1 aliphatic carbocycles. The van der Waals surface area contributed by atoms with Crippen LogP contribution in [0.2, 0.25) is 0 Å². The van der Waals surface area contributed by atoms with Crippen LogP contribution in [0.1, 0.15) is 44.8 Å². The van der Waals surface area contributed by atoms with Gasteiger partial charge in [-0.05, 0) is 29.9 Å². The first-order valence-corrected chi connectivity index (χ1v) is 11.1. The van der Waals surface area contributed by atoms with Crippen LogP contribution in [0, 0.1) is 11.8 Å². The van der Waals surface area contributed by atoms with Crippen LogP contribution in [-0.2, 0) is 11.3 Å². The first-order chi connectivity index (χ1) is 15.1. The molecule has 31 heavy (non-hydrogen) atoms. The highest BCUT2D eigenvalue weighted by Crippen LogP contribution is 2.37. The second-order valence-electron chi connectivity index (χ2n) is 8.78. The van der Waals surface area contributed by atoms with Crippen molar-refractivity contribution in [2.75, 3.05) is 7.11 Å². The Morgan fingerprint density at radius 3 is 2.71 bits per heavy atom. The summed E-state index contributed by atoms with van der Waals surface area (Å²) in [6.07, 6.45) is 7.11. The van der Waals surface area contributed by atoms with Crippen molar-refractivity contribution in [1.82, 2.24) is 19.2 Å². The Bertz CT molecular complexity index is 1290. The van der Waals surface area contributed by atoms with Crippen LogP contribution < -0.4 is 5.56 Å². The standard InChI is InChI=1S/C25H28N4O2/c1-16-8-7-11-21(17(16)2)28-13-12-22-19(25(28)30)14-26-24-23(18-9-5-4-6-10-18)20(15-31-3)27-29(22)24/h4-6,9-10,12-14,16-17,21H,7-8,11,15H2,1-3H3/t16-,17-,21-/m0/s1. The predicted octanol–water partition coefficient (Wildman–Crippen LogP) is 4.85. The number of nitrogens with zero attached hydrogens (tertiary/aromatic N) is 4. The minimum Gasteiger partial charge on any atom is -0.378 e. The Morgan fingerprint density at radius 2 is 1.94 bits per heavy atom. The minimum absolute atomic E-state index is 0.0166. The smallest absolute Gasteiger partial charge is 0.261 e. The van der Waals surface area contributed by atoms with E-state index in [0.29, 0.717) is 23.8 Å². The lowest BCUT2D eigenvalue weighted by atomic mass is 9.78. The Morgan fingerprint density at radius 1 is 1.13 bits per heavy atom. The highest BCUT2D eigenvalue weighted by Gasteiger charge is 2.29. The van der Waals surface area contributed by atoms with Gasteiger partial charge in [-0.3, -0.25) is 4.79 Å². The quantitative estimate of drug-likeness (QED) is 0.477. The van der Waals surface area contributed by atoms with Gasteiger partial charge >= 0.3 is 0 Å². The van der Waals surface area contributed by atoms with Crippen molar-refractivity contribution >= 4 is 16.6 Å². The summed E-state index contributed by atoms with van der Waals surface area (Å²) in [5.74, 6) is 1.10. The molecule has 0 N–H and O–H groups in total. The zero-order valence-electron chi connectivity index (χ0n) is 18.3. The second kappa shape index (κ2) is 7.93. The van der Waals surface area contributed by atoms with Crippen molar-refractivity contribution in [3.05, 3.63) is 64.8 Å². The summed E-state index contributed by atoms with van der Waals surface area (Å²) in [7, 11) is 1.66. The van der Waals surface area contributed by atoms with Crippen molar-refractivity contribution in [3.8, 4) is 11.1 Å². The van der Waals surface area contributed by atoms with Crippen LogP contribution in [0.3, 0.4) is 0 Å². The van der Waals surface area contributed by atoms with Crippen LogP contribution in [0.5, 0.6) is 0 Å². The molecule has 6 nitrogen and oxygen atoms in total. The summed E-state index contributed by atoms with van der Waals surface area (Å²) < 4.78 is 9.13.